The summed E-state index contributed by atoms with van der Waals surface area (Å²) >= 11 is 0. The summed E-state index contributed by atoms with van der Waals surface area (Å²) in [6.07, 6.45) is 37.8. The molecule has 0 bridgehead atoms. The van der Waals surface area contributed by atoms with Crippen molar-refractivity contribution < 1.29 is 69.0 Å². The third-order valence-corrected chi connectivity index (χ3v) is 14.1. The Morgan fingerprint density at radius 1 is 0.452 bits per heavy atom. The van der Waals surface area contributed by atoms with Crippen LogP contribution in [0.5, 0.6) is 0 Å². The van der Waals surface area contributed by atoms with Gasteiger partial charge < -0.3 is 64.2 Å². The molecule has 0 saturated carbocycles. The van der Waals surface area contributed by atoms with Crippen LogP contribution in [0.4, 0.5) is 0 Å². The highest BCUT2D eigenvalue weighted by Gasteiger charge is 2.47. The summed E-state index contributed by atoms with van der Waals surface area (Å²) < 4.78 is 34.4. The number of esters is 1. The maximum absolute atomic E-state index is 13.1. The van der Waals surface area contributed by atoms with Crippen LogP contribution in [0.1, 0.15) is 232 Å². The number of carbonyl (C=O) groups excluding carboxylic acids is 1. The minimum absolute atomic E-state index is 0.0556. The maximum Gasteiger partial charge on any atom is 0.306 e. The Morgan fingerprint density at radius 3 is 1.36 bits per heavy atom. The molecule has 11 atom stereocenters. The normalized spacial score (nSPS) is 25.2. The van der Waals surface area contributed by atoms with Crippen molar-refractivity contribution in [3.05, 3.63) is 36.5 Å². The molecule has 2 saturated heterocycles. The van der Waals surface area contributed by atoms with Crippen molar-refractivity contribution in [3.8, 4) is 0 Å². The van der Waals surface area contributed by atoms with Gasteiger partial charge in [-0.05, 0) is 70.6 Å². The molecule has 7 N–H and O–H groups in total. The lowest BCUT2D eigenvalue weighted by atomic mass is 9.98. The van der Waals surface area contributed by atoms with Crippen molar-refractivity contribution in [2.24, 2.45) is 0 Å². The summed E-state index contributed by atoms with van der Waals surface area (Å²) in [4.78, 5) is 13.1. The van der Waals surface area contributed by atoms with E-state index < -0.39 is 80.7 Å². The first-order valence-electron chi connectivity index (χ1n) is 29.6. The molecule has 0 aromatic carbocycles. The molecule has 0 aromatic rings. The first-order chi connectivity index (χ1) is 35.6. The summed E-state index contributed by atoms with van der Waals surface area (Å²) in [5, 5.41) is 72.3. The van der Waals surface area contributed by atoms with Gasteiger partial charge in [-0.2, -0.15) is 0 Å². The number of allylic oxidation sites excluding steroid dienone is 6. The SMILES string of the molecule is CCCCC/C=C\C/C=C\CCCCCCCCOCC(COC1OC(COC2OC(CO)C(O)C(O)C2O)C(O)C(O)C1O)OC(=O)CCCCCCCCCCCCC/C=C\CCCCCCCCCC. The minimum atomic E-state index is -1.71. The number of rotatable bonds is 48. The van der Waals surface area contributed by atoms with Gasteiger partial charge in [0.25, 0.3) is 0 Å². The molecule has 14 heteroatoms. The average Bonchev–Trinajstić information content (AvgIpc) is 3.39. The lowest BCUT2D eigenvalue weighted by Crippen LogP contribution is -2.61. The zero-order valence-corrected chi connectivity index (χ0v) is 45.9. The van der Waals surface area contributed by atoms with Crippen molar-refractivity contribution in [1.29, 1.82) is 0 Å². The highest BCUT2D eigenvalue weighted by atomic mass is 16.7. The van der Waals surface area contributed by atoms with Crippen LogP contribution in [0.15, 0.2) is 36.5 Å². The molecule has 2 fully saturated rings. The van der Waals surface area contributed by atoms with Gasteiger partial charge in [-0.15, -0.1) is 0 Å². The number of hydrogen-bond acceptors (Lipinski definition) is 14. The molecular weight excluding hydrogens is 933 g/mol. The molecule has 0 aromatic heterocycles. The zero-order valence-electron chi connectivity index (χ0n) is 45.9. The van der Waals surface area contributed by atoms with Crippen LogP contribution in [0, 0.1) is 0 Å². The summed E-state index contributed by atoms with van der Waals surface area (Å²) in [6, 6.07) is 0. The van der Waals surface area contributed by atoms with Crippen LogP contribution in [-0.4, -0.2) is 142 Å². The topological polar surface area (TPSA) is 214 Å². The van der Waals surface area contributed by atoms with Crippen LogP contribution in [0.25, 0.3) is 0 Å². The second kappa shape index (κ2) is 46.3. The standard InChI is InChI=1S/C59H108O14/c1-3-5-7-9-11-13-15-17-19-21-22-23-24-25-26-27-28-30-32-34-36-38-40-42-51(61)71-48(45-68-43-41-39-37-35-33-31-29-20-18-16-14-12-10-8-6-4-2)46-69-58-57(67)55(65)53(63)50(73-58)47-70-59-56(66)54(64)52(62)49(44-60)72-59/h12,14,18,20-22,48-50,52-60,62-67H,3-11,13,15-17,19,23-47H2,1-2H3/b14-12-,20-18-,22-21-. The first kappa shape index (κ1) is 67.3. The predicted octanol–water partition coefficient (Wildman–Crippen LogP) is 10.5. The molecule has 0 amide bonds. The fourth-order valence-corrected chi connectivity index (χ4v) is 9.31. The van der Waals surface area contributed by atoms with Crippen LogP contribution in [0.2, 0.25) is 0 Å². The molecule has 14 nitrogen and oxygen atoms in total. The van der Waals surface area contributed by atoms with E-state index in [0.717, 1.165) is 57.8 Å². The lowest BCUT2D eigenvalue weighted by molar-refractivity contribution is -0.332. The van der Waals surface area contributed by atoms with E-state index in [2.05, 4.69) is 50.3 Å². The summed E-state index contributed by atoms with van der Waals surface area (Å²) in [7, 11) is 0. The van der Waals surface area contributed by atoms with Crippen molar-refractivity contribution in [2.75, 3.05) is 33.0 Å². The lowest BCUT2D eigenvalue weighted by Gasteiger charge is -2.42. The Bertz CT molecular complexity index is 1350. The van der Waals surface area contributed by atoms with Gasteiger partial charge in [0.15, 0.2) is 12.6 Å². The number of carbonyl (C=O) groups is 1. The van der Waals surface area contributed by atoms with Gasteiger partial charge in [0.2, 0.25) is 0 Å². The molecule has 2 aliphatic heterocycles. The van der Waals surface area contributed by atoms with E-state index in [9.17, 15) is 40.5 Å². The largest absolute Gasteiger partial charge is 0.457 e. The van der Waals surface area contributed by atoms with Crippen LogP contribution in [0.3, 0.4) is 0 Å². The summed E-state index contributed by atoms with van der Waals surface area (Å²) in [6.45, 7) is 3.67. The van der Waals surface area contributed by atoms with E-state index >= 15 is 0 Å². The number of aliphatic hydroxyl groups is 7. The van der Waals surface area contributed by atoms with E-state index in [1.165, 1.54) is 148 Å². The molecule has 2 heterocycles. The molecular formula is C59H108O14. The Hall–Kier alpha value is -1.79. The summed E-state index contributed by atoms with van der Waals surface area (Å²) in [5.41, 5.74) is 0. The molecule has 2 aliphatic rings. The van der Waals surface area contributed by atoms with Gasteiger partial charge in [0.1, 0.15) is 54.9 Å². The first-order valence-corrected chi connectivity index (χ1v) is 29.6. The molecule has 11 unspecified atom stereocenters. The van der Waals surface area contributed by atoms with E-state index in [-0.39, 0.29) is 25.6 Å². The average molecular weight is 1040 g/mol. The summed E-state index contributed by atoms with van der Waals surface area (Å²) in [5.74, 6) is -0.378. The van der Waals surface area contributed by atoms with Crippen molar-refractivity contribution in [3.63, 3.8) is 0 Å². The Kier molecular flexibility index (Phi) is 42.7. The Labute approximate surface area is 442 Å². The van der Waals surface area contributed by atoms with Crippen LogP contribution < -0.4 is 0 Å². The second-order valence-electron chi connectivity index (χ2n) is 20.8. The van der Waals surface area contributed by atoms with Gasteiger partial charge >= 0.3 is 5.97 Å². The smallest absolute Gasteiger partial charge is 0.306 e. The van der Waals surface area contributed by atoms with Crippen molar-refractivity contribution >= 4 is 5.97 Å². The molecule has 0 radical (unpaired) electrons. The van der Waals surface area contributed by atoms with Gasteiger partial charge in [0, 0.05) is 13.0 Å². The Balaban J connectivity index is 1.70. The second-order valence-corrected chi connectivity index (χ2v) is 20.8. The fraction of sp³-hybridized carbons (Fsp3) is 0.881. The fourth-order valence-electron chi connectivity index (χ4n) is 9.31. The van der Waals surface area contributed by atoms with E-state index in [1.807, 2.05) is 0 Å². The molecule has 0 aliphatic carbocycles. The van der Waals surface area contributed by atoms with Crippen LogP contribution >= 0.6 is 0 Å². The molecule has 0 spiro atoms. The third-order valence-electron chi connectivity index (χ3n) is 14.1. The molecule has 428 valence electrons. The Morgan fingerprint density at radius 2 is 0.849 bits per heavy atom. The number of ether oxygens (including phenoxy) is 6. The van der Waals surface area contributed by atoms with E-state index in [1.54, 1.807) is 0 Å². The quantitative estimate of drug-likeness (QED) is 0.0172. The van der Waals surface area contributed by atoms with Crippen LogP contribution in [-0.2, 0) is 33.2 Å². The van der Waals surface area contributed by atoms with E-state index in [4.69, 9.17) is 28.4 Å². The van der Waals surface area contributed by atoms with Gasteiger partial charge in [0.05, 0.1) is 26.4 Å². The minimum Gasteiger partial charge on any atom is -0.457 e. The maximum atomic E-state index is 13.1. The van der Waals surface area contributed by atoms with Gasteiger partial charge in [-0.3, -0.25) is 4.79 Å². The van der Waals surface area contributed by atoms with Gasteiger partial charge in [-0.25, -0.2) is 0 Å². The number of hydrogen-bond donors (Lipinski definition) is 7. The van der Waals surface area contributed by atoms with Crippen molar-refractivity contribution in [1.82, 2.24) is 0 Å². The predicted molar refractivity (Wildman–Crippen MR) is 289 cm³/mol. The third kappa shape index (κ3) is 33.2. The zero-order chi connectivity index (χ0) is 53.0. The number of aliphatic hydroxyl groups excluding tert-OH is 7. The highest BCUT2D eigenvalue weighted by molar-refractivity contribution is 5.69. The molecule has 2 rings (SSSR count). The van der Waals surface area contributed by atoms with Gasteiger partial charge in [-0.1, -0.05) is 192 Å². The highest BCUT2D eigenvalue weighted by Crippen LogP contribution is 2.27. The molecule has 73 heavy (non-hydrogen) atoms. The van der Waals surface area contributed by atoms with Crippen molar-refractivity contribution in [2.45, 2.75) is 300 Å². The van der Waals surface area contributed by atoms with E-state index in [0.29, 0.717) is 13.0 Å². The number of unbranched alkanes of at least 4 members (excludes halogenated alkanes) is 28. The monoisotopic (exact) mass is 1040 g/mol.